The Bertz CT molecular complexity index is 999. The van der Waals surface area contributed by atoms with E-state index in [9.17, 15) is 9.90 Å². The number of carbonyl (C=O) groups is 1. The van der Waals surface area contributed by atoms with Gasteiger partial charge in [-0.15, -0.1) is 0 Å². The van der Waals surface area contributed by atoms with E-state index in [4.69, 9.17) is 14.7 Å². The largest absolute Gasteiger partial charge is 0.493 e. The molecule has 0 atom stereocenters. The van der Waals surface area contributed by atoms with Gasteiger partial charge in [-0.2, -0.15) is 5.26 Å². The lowest BCUT2D eigenvalue weighted by molar-refractivity contribution is 0.0686. The van der Waals surface area contributed by atoms with Gasteiger partial charge in [-0.3, -0.25) is 0 Å². The van der Waals surface area contributed by atoms with Crippen molar-refractivity contribution in [2.45, 2.75) is 6.54 Å². The van der Waals surface area contributed by atoms with Crippen LogP contribution in [0.1, 0.15) is 21.6 Å². The first kappa shape index (κ1) is 16.4. The van der Waals surface area contributed by atoms with Gasteiger partial charge in [0.05, 0.1) is 31.4 Å². The van der Waals surface area contributed by atoms with Crippen molar-refractivity contribution in [1.82, 2.24) is 4.57 Å². The van der Waals surface area contributed by atoms with E-state index < -0.39 is 5.97 Å². The third kappa shape index (κ3) is 2.88. The molecule has 0 fully saturated rings. The first-order valence-corrected chi connectivity index (χ1v) is 7.55. The fraction of sp³-hybridized carbons (Fsp3) is 0.158. The van der Waals surface area contributed by atoms with E-state index in [0.29, 0.717) is 29.0 Å². The van der Waals surface area contributed by atoms with Crippen molar-refractivity contribution in [1.29, 1.82) is 5.26 Å². The second-order valence-electron chi connectivity index (χ2n) is 5.47. The summed E-state index contributed by atoms with van der Waals surface area (Å²) >= 11 is 0. The Hall–Kier alpha value is -3.46. The Morgan fingerprint density at radius 2 is 2.00 bits per heavy atom. The summed E-state index contributed by atoms with van der Waals surface area (Å²) < 4.78 is 12.4. The number of hydrogen-bond acceptors (Lipinski definition) is 4. The molecule has 1 aromatic heterocycles. The number of rotatable bonds is 5. The normalized spacial score (nSPS) is 10.4. The zero-order valence-corrected chi connectivity index (χ0v) is 13.8. The Morgan fingerprint density at radius 1 is 1.20 bits per heavy atom. The summed E-state index contributed by atoms with van der Waals surface area (Å²) in [6.45, 7) is 0.330. The molecule has 0 saturated heterocycles. The minimum Gasteiger partial charge on any atom is -0.493 e. The molecule has 0 bridgehead atoms. The molecule has 1 heterocycles. The summed E-state index contributed by atoms with van der Waals surface area (Å²) in [5.74, 6) is -0.00347. The average molecular weight is 336 g/mol. The number of hydrogen-bond donors (Lipinski definition) is 1. The Kier molecular flexibility index (Phi) is 4.31. The molecule has 6 nitrogen and oxygen atoms in total. The molecule has 2 aromatic carbocycles. The monoisotopic (exact) mass is 336 g/mol. The fourth-order valence-electron chi connectivity index (χ4n) is 2.93. The summed E-state index contributed by atoms with van der Waals surface area (Å²) in [4.78, 5) is 11.7. The van der Waals surface area contributed by atoms with E-state index in [1.807, 2.05) is 6.07 Å². The van der Waals surface area contributed by atoms with Crippen LogP contribution in [0, 0.1) is 11.3 Å². The number of methoxy groups -OCH3 is 2. The predicted octanol–water partition coefficient (Wildman–Crippen LogP) is 3.28. The van der Waals surface area contributed by atoms with Crippen LogP contribution < -0.4 is 9.47 Å². The number of carboxylic acid groups (broad SMARTS) is 1. The highest BCUT2D eigenvalue weighted by Gasteiger charge is 2.19. The minimum atomic E-state index is -1.03. The van der Waals surface area contributed by atoms with Crippen LogP contribution >= 0.6 is 0 Å². The molecule has 0 aliphatic rings. The van der Waals surface area contributed by atoms with Gasteiger partial charge in [0.25, 0.3) is 0 Å². The molecule has 0 amide bonds. The van der Waals surface area contributed by atoms with Gasteiger partial charge in [0, 0.05) is 11.9 Å². The zero-order chi connectivity index (χ0) is 18.0. The van der Waals surface area contributed by atoms with Gasteiger partial charge in [-0.1, -0.05) is 12.1 Å². The second-order valence-corrected chi connectivity index (χ2v) is 5.47. The molecular formula is C19H16N2O4. The number of nitrogens with zero attached hydrogens (tertiary/aromatic N) is 2. The summed E-state index contributed by atoms with van der Waals surface area (Å²) in [5.41, 5.74) is 2.24. The molecule has 126 valence electrons. The summed E-state index contributed by atoms with van der Waals surface area (Å²) in [6, 6.07) is 14.3. The van der Waals surface area contributed by atoms with E-state index in [1.165, 1.54) is 14.2 Å². The lowest BCUT2D eigenvalue weighted by atomic mass is 10.1. The van der Waals surface area contributed by atoms with Crippen LogP contribution in [-0.4, -0.2) is 29.9 Å². The maximum absolute atomic E-state index is 11.7. The van der Waals surface area contributed by atoms with Crippen LogP contribution in [0.3, 0.4) is 0 Å². The summed E-state index contributed by atoms with van der Waals surface area (Å²) in [5, 5.41) is 19.3. The van der Waals surface area contributed by atoms with Crippen LogP contribution in [0.5, 0.6) is 11.5 Å². The molecule has 0 aliphatic carbocycles. The van der Waals surface area contributed by atoms with Gasteiger partial charge in [0.2, 0.25) is 0 Å². The average Bonchev–Trinajstić information content (AvgIpc) is 2.99. The summed E-state index contributed by atoms with van der Waals surface area (Å²) in [7, 11) is 3.05. The Labute approximate surface area is 144 Å². The van der Waals surface area contributed by atoms with Gasteiger partial charge in [0.15, 0.2) is 11.5 Å². The van der Waals surface area contributed by atoms with E-state index in [1.54, 1.807) is 41.0 Å². The van der Waals surface area contributed by atoms with Crippen molar-refractivity contribution in [3.05, 3.63) is 59.3 Å². The van der Waals surface area contributed by atoms with Crippen molar-refractivity contribution in [3.63, 3.8) is 0 Å². The van der Waals surface area contributed by atoms with Gasteiger partial charge in [-0.25, -0.2) is 4.79 Å². The van der Waals surface area contributed by atoms with Crippen LogP contribution in [0.25, 0.3) is 10.9 Å². The van der Waals surface area contributed by atoms with Crippen LogP contribution in [-0.2, 0) is 6.54 Å². The molecule has 0 aliphatic heterocycles. The third-order valence-electron chi connectivity index (χ3n) is 4.04. The number of carboxylic acids is 1. The highest BCUT2D eigenvalue weighted by Crippen LogP contribution is 2.37. The number of ether oxygens (including phenoxy) is 2. The molecule has 3 rings (SSSR count). The van der Waals surface area contributed by atoms with Crippen molar-refractivity contribution >= 4 is 16.9 Å². The first-order valence-electron chi connectivity index (χ1n) is 7.55. The van der Waals surface area contributed by atoms with Gasteiger partial charge >= 0.3 is 5.97 Å². The van der Waals surface area contributed by atoms with Crippen LogP contribution in [0.4, 0.5) is 0 Å². The van der Waals surface area contributed by atoms with Crippen molar-refractivity contribution in [3.8, 4) is 17.6 Å². The number of fused-ring (bicyclic) bond motifs is 1. The van der Waals surface area contributed by atoms with E-state index in [-0.39, 0.29) is 5.69 Å². The molecule has 1 N–H and O–H groups in total. The van der Waals surface area contributed by atoms with Crippen molar-refractivity contribution < 1.29 is 19.4 Å². The number of nitriles is 1. The van der Waals surface area contributed by atoms with Gasteiger partial charge in [0.1, 0.15) is 5.69 Å². The smallest absolute Gasteiger partial charge is 0.352 e. The van der Waals surface area contributed by atoms with E-state index in [2.05, 4.69) is 6.07 Å². The molecule has 0 saturated carbocycles. The summed E-state index contributed by atoms with van der Waals surface area (Å²) in [6.07, 6.45) is 0. The molecule has 25 heavy (non-hydrogen) atoms. The standard InChI is InChI=1S/C19H16N2O4/c1-24-17-7-6-15-14(18(17)25-2)9-16(19(22)23)21(15)11-13-5-3-4-12(8-13)10-20/h3-9H,11H2,1-2H3,(H,22,23). The maximum atomic E-state index is 11.7. The van der Waals surface area contributed by atoms with E-state index in [0.717, 1.165) is 11.1 Å². The third-order valence-corrected chi connectivity index (χ3v) is 4.04. The van der Waals surface area contributed by atoms with Crippen molar-refractivity contribution in [2.24, 2.45) is 0 Å². The highest BCUT2D eigenvalue weighted by molar-refractivity contribution is 5.98. The number of aromatic nitrogens is 1. The Morgan fingerprint density at radius 3 is 2.64 bits per heavy atom. The lowest BCUT2D eigenvalue weighted by Crippen LogP contribution is -2.09. The number of aromatic carboxylic acids is 1. The molecular weight excluding hydrogens is 320 g/mol. The van der Waals surface area contributed by atoms with Gasteiger partial charge < -0.3 is 19.1 Å². The topological polar surface area (TPSA) is 84.5 Å². The zero-order valence-electron chi connectivity index (χ0n) is 13.8. The van der Waals surface area contributed by atoms with Gasteiger partial charge in [-0.05, 0) is 35.9 Å². The quantitative estimate of drug-likeness (QED) is 0.773. The SMILES string of the molecule is COc1ccc2c(cc(C(=O)O)n2Cc2cccc(C#N)c2)c1OC. The predicted molar refractivity (Wildman–Crippen MR) is 92.3 cm³/mol. The second kappa shape index (κ2) is 6.57. The van der Waals surface area contributed by atoms with E-state index >= 15 is 0 Å². The first-order chi connectivity index (χ1) is 12.1. The fourth-order valence-corrected chi connectivity index (χ4v) is 2.93. The minimum absolute atomic E-state index is 0.143. The van der Waals surface area contributed by atoms with Crippen LogP contribution in [0.2, 0.25) is 0 Å². The lowest BCUT2D eigenvalue weighted by Gasteiger charge is -2.11. The van der Waals surface area contributed by atoms with Crippen molar-refractivity contribution in [2.75, 3.05) is 14.2 Å². The van der Waals surface area contributed by atoms with Crippen LogP contribution in [0.15, 0.2) is 42.5 Å². The molecule has 6 heteroatoms. The molecule has 3 aromatic rings. The molecule has 0 unspecified atom stereocenters. The maximum Gasteiger partial charge on any atom is 0.352 e. The molecule has 0 spiro atoms. The molecule has 0 radical (unpaired) electrons. The Balaban J connectivity index is 2.20. The number of benzene rings is 2. The highest BCUT2D eigenvalue weighted by atomic mass is 16.5.